The molecule has 1 fully saturated rings. The van der Waals surface area contributed by atoms with Crippen molar-refractivity contribution < 1.29 is 0 Å². The molecule has 0 spiro atoms. The van der Waals surface area contributed by atoms with Gasteiger partial charge in [0.25, 0.3) is 0 Å². The van der Waals surface area contributed by atoms with Crippen molar-refractivity contribution >= 4 is 0 Å². The Kier molecular flexibility index (Phi) is 3.57. The average molecular weight is 169 g/mol. The molecule has 1 aliphatic rings. The molecule has 1 heteroatoms. The van der Waals surface area contributed by atoms with Crippen LogP contribution in [0.5, 0.6) is 0 Å². The molecule has 72 valence electrons. The van der Waals surface area contributed by atoms with Crippen LogP contribution in [0.4, 0.5) is 0 Å². The maximum Gasteiger partial charge on any atom is 0.0121 e. The number of likely N-dealkylation sites (tertiary alicyclic amines) is 1. The first-order chi connectivity index (χ1) is 5.66. The predicted octanol–water partition coefficient (Wildman–Crippen LogP) is 2.91. The van der Waals surface area contributed by atoms with E-state index in [1.54, 1.807) is 0 Å². The van der Waals surface area contributed by atoms with Crippen molar-refractivity contribution in [2.75, 3.05) is 7.05 Å². The number of hydrogen-bond acceptors (Lipinski definition) is 1. The summed E-state index contributed by atoms with van der Waals surface area (Å²) in [7, 11) is 2.29. The highest BCUT2D eigenvalue weighted by molar-refractivity contribution is 4.85. The molecule has 1 saturated heterocycles. The lowest BCUT2D eigenvalue weighted by Gasteiger charge is -2.28. The van der Waals surface area contributed by atoms with E-state index < -0.39 is 0 Å². The van der Waals surface area contributed by atoms with E-state index in [1.165, 1.54) is 25.7 Å². The zero-order chi connectivity index (χ0) is 9.14. The van der Waals surface area contributed by atoms with Gasteiger partial charge in [0.05, 0.1) is 0 Å². The molecule has 12 heavy (non-hydrogen) atoms. The lowest BCUT2D eigenvalue weighted by molar-refractivity contribution is 0.193. The zero-order valence-corrected chi connectivity index (χ0v) is 9.01. The minimum Gasteiger partial charge on any atom is -0.300 e. The Balaban J connectivity index is 2.41. The molecule has 0 aromatic carbocycles. The van der Waals surface area contributed by atoms with Crippen molar-refractivity contribution in [2.24, 2.45) is 5.92 Å². The summed E-state index contributed by atoms with van der Waals surface area (Å²) in [5, 5.41) is 0. The second-order valence-corrected chi connectivity index (χ2v) is 4.43. The van der Waals surface area contributed by atoms with Crippen molar-refractivity contribution in [1.82, 2.24) is 4.90 Å². The molecule has 3 atom stereocenters. The van der Waals surface area contributed by atoms with Crippen molar-refractivity contribution in [3.05, 3.63) is 0 Å². The van der Waals surface area contributed by atoms with E-state index in [1.807, 2.05) is 0 Å². The first kappa shape index (κ1) is 10.0. The molecule has 1 heterocycles. The van der Waals surface area contributed by atoms with Crippen LogP contribution in [-0.4, -0.2) is 24.0 Å². The summed E-state index contributed by atoms with van der Waals surface area (Å²) in [4.78, 5) is 2.57. The average Bonchev–Trinajstić information content (AvgIpc) is 2.34. The molecule has 0 radical (unpaired) electrons. The van der Waals surface area contributed by atoms with Crippen LogP contribution in [0.2, 0.25) is 0 Å². The fourth-order valence-electron chi connectivity index (χ4n) is 2.48. The van der Waals surface area contributed by atoms with Crippen LogP contribution in [0.25, 0.3) is 0 Å². The highest BCUT2D eigenvalue weighted by atomic mass is 15.2. The van der Waals surface area contributed by atoms with E-state index >= 15 is 0 Å². The minimum absolute atomic E-state index is 0.814. The van der Waals surface area contributed by atoms with Gasteiger partial charge >= 0.3 is 0 Å². The summed E-state index contributed by atoms with van der Waals surface area (Å²) in [6.07, 6.45) is 5.54. The first-order valence-electron chi connectivity index (χ1n) is 5.38. The second-order valence-electron chi connectivity index (χ2n) is 4.43. The van der Waals surface area contributed by atoms with Gasteiger partial charge in [0.15, 0.2) is 0 Å². The molecule has 0 aliphatic carbocycles. The highest BCUT2D eigenvalue weighted by Crippen LogP contribution is 2.29. The Morgan fingerprint density at radius 2 is 2.08 bits per heavy atom. The number of rotatable bonds is 3. The van der Waals surface area contributed by atoms with Gasteiger partial charge in [-0.25, -0.2) is 0 Å². The van der Waals surface area contributed by atoms with Crippen LogP contribution < -0.4 is 0 Å². The van der Waals surface area contributed by atoms with Crippen molar-refractivity contribution in [3.8, 4) is 0 Å². The molecule has 0 aromatic heterocycles. The van der Waals surface area contributed by atoms with Crippen LogP contribution in [0, 0.1) is 5.92 Å². The predicted molar refractivity (Wildman–Crippen MR) is 54.3 cm³/mol. The largest absolute Gasteiger partial charge is 0.300 e. The van der Waals surface area contributed by atoms with E-state index in [0.717, 1.165) is 18.0 Å². The molecule has 0 N–H and O–H groups in total. The van der Waals surface area contributed by atoms with Gasteiger partial charge < -0.3 is 4.90 Å². The monoisotopic (exact) mass is 169 g/mol. The molecule has 0 amide bonds. The molecule has 1 aliphatic heterocycles. The molecule has 0 aromatic rings. The lowest BCUT2D eigenvalue weighted by atomic mass is 9.95. The van der Waals surface area contributed by atoms with Gasteiger partial charge in [-0.3, -0.25) is 0 Å². The Hall–Kier alpha value is -0.0400. The maximum atomic E-state index is 2.57. The van der Waals surface area contributed by atoms with Gasteiger partial charge in [0.1, 0.15) is 0 Å². The molecule has 0 bridgehead atoms. The Morgan fingerprint density at radius 1 is 1.42 bits per heavy atom. The van der Waals surface area contributed by atoms with E-state index in [9.17, 15) is 0 Å². The third-order valence-electron chi connectivity index (χ3n) is 3.50. The van der Waals surface area contributed by atoms with Gasteiger partial charge in [-0.2, -0.15) is 0 Å². The molecule has 1 nitrogen and oxygen atoms in total. The smallest absolute Gasteiger partial charge is 0.0121 e. The van der Waals surface area contributed by atoms with E-state index in [0.29, 0.717) is 0 Å². The quantitative estimate of drug-likeness (QED) is 0.628. The van der Waals surface area contributed by atoms with Gasteiger partial charge in [0.2, 0.25) is 0 Å². The summed E-state index contributed by atoms with van der Waals surface area (Å²) in [6.45, 7) is 7.04. The van der Waals surface area contributed by atoms with Crippen LogP contribution >= 0.6 is 0 Å². The second kappa shape index (κ2) is 4.27. The fraction of sp³-hybridized carbons (Fsp3) is 1.00. The normalized spacial score (nSPS) is 34.0. The lowest BCUT2D eigenvalue weighted by Crippen LogP contribution is -2.34. The highest BCUT2D eigenvalue weighted by Gasteiger charge is 2.30. The zero-order valence-electron chi connectivity index (χ0n) is 9.01. The van der Waals surface area contributed by atoms with Crippen LogP contribution in [0.1, 0.15) is 46.5 Å². The molecular formula is C11H23N. The number of nitrogens with zero attached hydrogens (tertiary/aromatic N) is 1. The first-order valence-corrected chi connectivity index (χ1v) is 5.38. The van der Waals surface area contributed by atoms with Crippen LogP contribution in [0.3, 0.4) is 0 Å². The summed E-state index contributed by atoms with van der Waals surface area (Å²) < 4.78 is 0. The molecule has 0 saturated carbocycles. The van der Waals surface area contributed by atoms with Crippen molar-refractivity contribution in [2.45, 2.75) is 58.5 Å². The third kappa shape index (κ3) is 2.01. The topological polar surface area (TPSA) is 3.24 Å². The fourth-order valence-corrected chi connectivity index (χ4v) is 2.48. The third-order valence-corrected chi connectivity index (χ3v) is 3.50. The van der Waals surface area contributed by atoms with Crippen molar-refractivity contribution in [1.29, 1.82) is 0 Å². The summed E-state index contributed by atoms with van der Waals surface area (Å²) in [6, 6.07) is 1.68. The minimum atomic E-state index is 0.814. The van der Waals surface area contributed by atoms with Crippen LogP contribution in [-0.2, 0) is 0 Å². The van der Waals surface area contributed by atoms with Gasteiger partial charge in [-0.15, -0.1) is 0 Å². The van der Waals surface area contributed by atoms with Crippen molar-refractivity contribution in [3.63, 3.8) is 0 Å². The summed E-state index contributed by atoms with van der Waals surface area (Å²) in [5.41, 5.74) is 0. The SMILES string of the molecule is CCCC(C)C1CCC(C)N1C. The molecular weight excluding hydrogens is 146 g/mol. The van der Waals surface area contributed by atoms with Crippen LogP contribution in [0.15, 0.2) is 0 Å². The maximum absolute atomic E-state index is 2.57. The molecule has 1 rings (SSSR count). The standard InChI is InChI=1S/C11H23N/c1-5-6-9(2)11-8-7-10(3)12(11)4/h9-11H,5-8H2,1-4H3. The van der Waals surface area contributed by atoms with Gasteiger partial charge in [-0.05, 0) is 39.2 Å². The van der Waals surface area contributed by atoms with E-state index in [2.05, 4.69) is 32.7 Å². The summed E-state index contributed by atoms with van der Waals surface area (Å²) >= 11 is 0. The molecule has 3 unspecified atom stereocenters. The Labute approximate surface area is 77.1 Å². The Bertz CT molecular complexity index is 133. The van der Waals surface area contributed by atoms with Gasteiger partial charge in [0, 0.05) is 12.1 Å². The van der Waals surface area contributed by atoms with Gasteiger partial charge in [-0.1, -0.05) is 20.3 Å². The number of hydrogen-bond donors (Lipinski definition) is 0. The van der Waals surface area contributed by atoms with E-state index in [-0.39, 0.29) is 0 Å². The van der Waals surface area contributed by atoms with E-state index in [4.69, 9.17) is 0 Å². The Morgan fingerprint density at radius 3 is 2.50 bits per heavy atom. The summed E-state index contributed by atoms with van der Waals surface area (Å²) in [5.74, 6) is 0.893.